The number of amides is 2. The second-order valence-electron chi connectivity index (χ2n) is 5.20. The number of ether oxygens (including phenoxy) is 2. The van der Waals surface area contributed by atoms with Gasteiger partial charge in [0.15, 0.2) is 11.5 Å². The Morgan fingerprint density at radius 3 is 2.86 bits per heavy atom. The molecule has 21 heavy (non-hydrogen) atoms. The van der Waals surface area contributed by atoms with Gasteiger partial charge in [0, 0.05) is 13.0 Å². The van der Waals surface area contributed by atoms with Crippen molar-refractivity contribution in [2.45, 2.75) is 25.8 Å². The van der Waals surface area contributed by atoms with Gasteiger partial charge in [0.25, 0.3) is 0 Å². The lowest BCUT2D eigenvalue weighted by atomic mass is 10.0. The fraction of sp³-hybridized carbons (Fsp3) is 0.467. The quantitative estimate of drug-likeness (QED) is 0.896. The first-order valence-electron chi connectivity index (χ1n) is 7.26. The van der Waals surface area contributed by atoms with Crippen molar-refractivity contribution in [3.8, 4) is 11.5 Å². The van der Waals surface area contributed by atoms with Gasteiger partial charge in [-0.25, -0.2) is 4.79 Å². The Hall–Kier alpha value is -2.24. The largest absolute Gasteiger partial charge is 0.490 e. The van der Waals surface area contributed by atoms with Crippen LogP contribution in [0.4, 0.5) is 4.79 Å². The summed E-state index contributed by atoms with van der Waals surface area (Å²) in [5.74, 6) is 1.62. The maximum atomic E-state index is 11.9. The zero-order chi connectivity index (χ0) is 14.8. The van der Waals surface area contributed by atoms with Crippen molar-refractivity contribution >= 4 is 11.9 Å². The molecule has 3 rings (SSSR count). The van der Waals surface area contributed by atoms with Crippen LogP contribution in [0.3, 0.4) is 0 Å². The first-order valence-corrected chi connectivity index (χ1v) is 7.26. The molecule has 2 heterocycles. The third-order valence-electron chi connectivity index (χ3n) is 3.64. The fourth-order valence-corrected chi connectivity index (χ4v) is 2.70. The highest BCUT2D eigenvalue weighted by atomic mass is 16.5. The first-order chi connectivity index (χ1) is 10.2. The summed E-state index contributed by atoms with van der Waals surface area (Å²) in [6.07, 6.45) is 1.70. The van der Waals surface area contributed by atoms with E-state index in [1.165, 1.54) is 0 Å². The van der Waals surface area contributed by atoms with Crippen LogP contribution in [0, 0.1) is 5.41 Å². The number of amidine groups is 1. The smallest absolute Gasteiger partial charge is 0.323 e. The number of hydrogen-bond donors (Lipinski definition) is 2. The van der Waals surface area contributed by atoms with Crippen LogP contribution in [0.15, 0.2) is 18.2 Å². The average Bonchev–Trinajstić information content (AvgIpc) is 2.66. The lowest BCUT2D eigenvalue weighted by Gasteiger charge is -2.23. The van der Waals surface area contributed by atoms with Crippen LogP contribution in [-0.4, -0.2) is 36.5 Å². The summed E-state index contributed by atoms with van der Waals surface area (Å²) in [7, 11) is 0. The van der Waals surface area contributed by atoms with Crippen molar-refractivity contribution in [2.75, 3.05) is 19.8 Å². The topological polar surface area (TPSA) is 74.7 Å². The van der Waals surface area contributed by atoms with E-state index < -0.39 is 0 Å². The van der Waals surface area contributed by atoms with Gasteiger partial charge >= 0.3 is 6.03 Å². The average molecular weight is 289 g/mol. The summed E-state index contributed by atoms with van der Waals surface area (Å²) in [4.78, 5) is 13.6. The molecule has 2 amide bonds. The van der Waals surface area contributed by atoms with Crippen LogP contribution in [0.5, 0.6) is 11.5 Å². The zero-order valence-electron chi connectivity index (χ0n) is 12.0. The fourth-order valence-electron chi connectivity index (χ4n) is 2.70. The van der Waals surface area contributed by atoms with E-state index in [-0.39, 0.29) is 17.9 Å². The van der Waals surface area contributed by atoms with Gasteiger partial charge in [0.1, 0.15) is 11.9 Å². The van der Waals surface area contributed by atoms with Crippen molar-refractivity contribution in [1.82, 2.24) is 10.2 Å². The molecule has 1 aromatic rings. The standard InChI is InChI=1S/C15H19N3O3/c1-2-6-18-13(14(16)17-15(18)19)10-4-5-11-12(9-10)21-8-3-7-20-11/h4-5,9,13H,2-3,6-8H2,1H3,(H2,16,17,19). The van der Waals surface area contributed by atoms with Crippen LogP contribution >= 0.6 is 0 Å². The summed E-state index contributed by atoms with van der Waals surface area (Å²) in [5.41, 5.74) is 0.871. The number of benzene rings is 1. The van der Waals surface area contributed by atoms with Gasteiger partial charge in [-0.3, -0.25) is 10.7 Å². The highest BCUT2D eigenvalue weighted by Crippen LogP contribution is 2.35. The van der Waals surface area contributed by atoms with E-state index in [1.807, 2.05) is 25.1 Å². The molecule has 0 aromatic heterocycles. The third kappa shape index (κ3) is 2.53. The molecule has 112 valence electrons. The Morgan fingerprint density at radius 2 is 2.10 bits per heavy atom. The van der Waals surface area contributed by atoms with Crippen LogP contribution in [0.25, 0.3) is 0 Å². The lowest BCUT2D eigenvalue weighted by molar-refractivity contribution is 0.205. The minimum absolute atomic E-state index is 0.209. The van der Waals surface area contributed by atoms with E-state index in [0.29, 0.717) is 25.5 Å². The minimum atomic E-state index is -0.366. The molecule has 6 heteroatoms. The Bertz CT molecular complexity index is 573. The van der Waals surface area contributed by atoms with Crippen molar-refractivity contribution < 1.29 is 14.3 Å². The van der Waals surface area contributed by atoms with E-state index in [2.05, 4.69) is 5.32 Å². The maximum Gasteiger partial charge on any atom is 0.323 e. The van der Waals surface area contributed by atoms with Crippen LogP contribution in [0.2, 0.25) is 0 Å². The van der Waals surface area contributed by atoms with Gasteiger partial charge in [0.2, 0.25) is 0 Å². The van der Waals surface area contributed by atoms with Crippen LogP contribution in [-0.2, 0) is 0 Å². The van der Waals surface area contributed by atoms with E-state index >= 15 is 0 Å². The number of nitrogens with one attached hydrogen (secondary N) is 2. The molecule has 6 nitrogen and oxygen atoms in total. The lowest BCUT2D eigenvalue weighted by Crippen LogP contribution is -2.30. The Labute approximate surface area is 123 Å². The summed E-state index contributed by atoms with van der Waals surface area (Å²) in [6, 6.07) is 5.06. The molecular weight excluding hydrogens is 270 g/mol. The second-order valence-corrected chi connectivity index (χ2v) is 5.20. The Kier molecular flexibility index (Phi) is 3.68. The minimum Gasteiger partial charge on any atom is -0.490 e. The molecule has 0 radical (unpaired) electrons. The molecule has 1 fully saturated rings. The summed E-state index contributed by atoms with van der Waals surface area (Å²) in [5, 5.41) is 10.6. The summed E-state index contributed by atoms with van der Waals surface area (Å²) >= 11 is 0. The Balaban J connectivity index is 1.93. The maximum absolute atomic E-state index is 11.9. The van der Waals surface area contributed by atoms with Crippen molar-refractivity contribution in [1.29, 1.82) is 5.41 Å². The second kappa shape index (κ2) is 5.63. The van der Waals surface area contributed by atoms with E-state index in [9.17, 15) is 4.79 Å². The normalized spacial score (nSPS) is 21.2. The number of carbonyl (C=O) groups is 1. The third-order valence-corrected chi connectivity index (χ3v) is 3.64. The predicted molar refractivity (Wildman–Crippen MR) is 78.0 cm³/mol. The molecule has 1 atom stereocenters. The van der Waals surface area contributed by atoms with Gasteiger partial charge < -0.3 is 14.4 Å². The zero-order valence-corrected chi connectivity index (χ0v) is 12.0. The molecule has 0 aliphatic carbocycles. The molecule has 2 N–H and O–H groups in total. The molecule has 2 aliphatic heterocycles. The van der Waals surface area contributed by atoms with Crippen LogP contribution in [0.1, 0.15) is 31.4 Å². The first kappa shape index (κ1) is 13.7. The number of carbonyl (C=O) groups excluding carboxylic acids is 1. The van der Waals surface area contributed by atoms with Crippen LogP contribution < -0.4 is 14.8 Å². The SMILES string of the molecule is CCCN1C(=O)NC(=N)C1c1ccc2c(c1)OCCCO2. The predicted octanol–water partition coefficient (Wildman–Crippen LogP) is 2.30. The van der Waals surface area contributed by atoms with Gasteiger partial charge in [-0.1, -0.05) is 13.0 Å². The highest BCUT2D eigenvalue weighted by molar-refractivity contribution is 6.06. The van der Waals surface area contributed by atoms with Crippen molar-refractivity contribution in [2.24, 2.45) is 0 Å². The van der Waals surface area contributed by atoms with E-state index in [1.54, 1.807) is 4.90 Å². The van der Waals surface area contributed by atoms with E-state index in [4.69, 9.17) is 14.9 Å². The molecule has 1 aromatic carbocycles. The number of nitrogens with zero attached hydrogens (tertiary/aromatic N) is 1. The van der Waals surface area contributed by atoms with Gasteiger partial charge in [-0.15, -0.1) is 0 Å². The van der Waals surface area contributed by atoms with Gasteiger partial charge in [-0.05, 0) is 24.1 Å². The van der Waals surface area contributed by atoms with Crippen molar-refractivity contribution in [3.63, 3.8) is 0 Å². The van der Waals surface area contributed by atoms with Crippen molar-refractivity contribution in [3.05, 3.63) is 23.8 Å². The molecule has 2 aliphatic rings. The van der Waals surface area contributed by atoms with Gasteiger partial charge in [-0.2, -0.15) is 0 Å². The molecule has 0 saturated carbocycles. The number of fused-ring (bicyclic) bond motifs is 1. The molecule has 1 saturated heterocycles. The van der Waals surface area contributed by atoms with Gasteiger partial charge in [0.05, 0.1) is 13.2 Å². The summed E-state index contributed by atoms with van der Waals surface area (Å²) < 4.78 is 11.3. The van der Waals surface area contributed by atoms with E-state index in [0.717, 1.165) is 24.2 Å². The highest BCUT2D eigenvalue weighted by Gasteiger charge is 2.36. The molecule has 0 bridgehead atoms. The molecular formula is C15H19N3O3. The number of rotatable bonds is 3. The molecule has 1 unspecified atom stereocenters. The summed E-state index contributed by atoms with van der Waals surface area (Å²) in [6.45, 7) is 3.90. The number of hydrogen-bond acceptors (Lipinski definition) is 4. The monoisotopic (exact) mass is 289 g/mol. The molecule has 0 spiro atoms. The number of urea groups is 1. The Morgan fingerprint density at radius 1 is 1.33 bits per heavy atom.